The molecule has 0 aliphatic heterocycles. The van der Waals surface area contributed by atoms with E-state index in [0.29, 0.717) is 17.8 Å². The highest BCUT2D eigenvalue weighted by Gasteiger charge is 2.33. The third-order valence-corrected chi connectivity index (χ3v) is 4.58. The Balaban J connectivity index is 0.000000229. The van der Waals surface area contributed by atoms with Crippen LogP contribution in [0.5, 0.6) is 0 Å². The molecule has 4 aromatic rings. The second kappa shape index (κ2) is 8.95. The smallest absolute Gasteiger partial charge is 0.329 e. The first-order valence-electron chi connectivity index (χ1n) is 9.32. The van der Waals surface area contributed by atoms with E-state index in [2.05, 4.69) is 20.4 Å². The lowest BCUT2D eigenvalue weighted by atomic mass is 10.0. The number of nitrogens with one attached hydrogen (secondary N) is 1. The Hall–Kier alpha value is -3.75. The highest BCUT2D eigenvalue weighted by molar-refractivity contribution is 5.71. The van der Waals surface area contributed by atoms with E-state index in [1.54, 1.807) is 41.2 Å². The van der Waals surface area contributed by atoms with E-state index >= 15 is 0 Å². The van der Waals surface area contributed by atoms with Gasteiger partial charge in [-0.1, -0.05) is 18.2 Å². The summed E-state index contributed by atoms with van der Waals surface area (Å²) < 4.78 is 40.8. The van der Waals surface area contributed by atoms with E-state index in [-0.39, 0.29) is 5.56 Å². The Kier molecular flexibility index (Phi) is 6.33. The first-order chi connectivity index (χ1) is 14.7. The van der Waals surface area contributed by atoms with Gasteiger partial charge in [-0.25, -0.2) is 9.50 Å². The van der Waals surface area contributed by atoms with Crippen LogP contribution in [0.15, 0.2) is 54.9 Å². The molecule has 6 nitrogen and oxygen atoms in total. The molecule has 0 unspecified atom stereocenters. The van der Waals surface area contributed by atoms with Crippen LogP contribution in [0.25, 0.3) is 16.9 Å². The van der Waals surface area contributed by atoms with Gasteiger partial charge in [0.1, 0.15) is 0 Å². The molecule has 9 heteroatoms. The highest BCUT2D eigenvalue weighted by Crippen LogP contribution is 2.36. The minimum Gasteiger partial charge on any atom is -0.329 e. The van der Waals surface area contributed by atoms with Crippen LogP contribution >= 0.6 is 0 Å². The number of carbonyl (C=O) groups excluding carboxylic acids is 1. The molecule has 1 aromatic carbocycles. The number of amides is 1. The molecule has 0 fully saturated rings. The summed E-state index contributed by atoms with van der Waals surface area (Å²) in [7, 11) is 0. The average Bonchev–Trinajstić information content (AvgIpc) is 3.01. The summed E-state index contributed by atoms with van der Waals surface area (Å²) in [5, 5.41) is 6.78. The maximum absolute atomic E-state index is 13.1. The third-order valence-electron chi connectivity index (χ3n) is 4.58. The molecular weight excluding hydrogens is 407 g/mol. The third kappa shape index (κ3) is 5.06. The molecule has 0 aliphatic rings. The minimum absolute atomic E-state index is 0.0748. The number of carbonyl (C=O) groups is 1. The van der Waals surface area contributed by atoms with Crippen molar-refractivity contribution in [2.45, 2.75) is 26.9 Å². The van der Waals surface area contributed by atoms with Gasteiger partial charge in [-0.05, 0) is 45.0 Å². The molecule has 3 aromatic heterocycles. The first-order valence-corrected chi connectivity index (χ1v) is 9.32. The predicted octanol–water partition coefficient (Wildman–Crippen LogP) is 4.99. The molecule has 0 aliphatic carbocycles. The average molecular weight is 427 g/mol. The van der Waals surface area contributed by atoms with E-state index in [1.165, 1.54) is 12.1 Å². The number of rotatable bonds is 3. The SMILES string of the molecule is Cc1cc(NC=O)ccn1.Cc1nn2ccc(-c3ccccc3C(F)(F)F)nc2c1C. The molecule has 160 valence electrons. The van der Waals surface area contributed by atoms with Crippen LogP contribution in [0.3, 0.4) is 0 Å². The maximum Gasteiger partial charge on any atom is 0.417 e. The van der Waals surface area contributed by atoms with Gasteiger partial charge in [0, 0.05) is 34.9 Å². The van der Waals surface area contributed by atoms with Crippen LogP contribution in [0.1, 0.15) is 22.5 Å². The summed E-state index contributed by atoms with van der Waals surface area (Å²) in [6.45, 7) is 5.56. The van der Waals surface area contributed by atoms with Gasteiger partial charge in [-0.15, -0.1) is 0 Å². The van der Waals surface area contributed by atoms with Crippen LogP contribution in [0.2, 0.25) is 0 Å². The summed E-state index contributed by atoms with van der Waals surface area (Å²) in [5.74, 6) is 0. The second-order valence-electron chi connectivity index (χ2n) is 6.78. The Morgan fingerprint density at radius 3 is 2.48 bits per heavy atom. The predicted molar refractivity (Wildman–Crippen MR) is 112 cm³/mol. The van der Waals surface area contributed by atoms with Gasteiger partial charge in [0.05, 0.1) is 17.0 Å². The fourth-order valence-corrected chi connectivity index (χ4v) is 2.96. The molecule has 3 heterocycles. The van der Waals surface area contributed by atoms with Gasteiger partial charge in [-0.2, -0.15) is 18.3 Å². The number of aryl methyl sites for hydroxylation is 3. The van der Waals surface area contributed by atoms with Crippen LogP contribution in [0.4, 0.5) is 18.9 Å². The van der Waals surface area contributed by atoms with Crippen molar-refractivity contribution in [1.29, 1.82) is 0 Å². The van der Waals surface area contributed by atoms with Gasteiger partial charge in [0.2, 0.25) is 6.41 Å². The molecule has 31 heavy (non-hydrogen) atoms. The van der Waals surface area contributed by atoms with Crippen molar-refractivity contribution in [3.63, 3.8) is 0 Å². The Morgan fingerprint density at radius 1 is 1.06 bits per heavy atom. The van der Waals surface area contributed by atoms with Gasteiger partial charge >= 0.3 is 6.18 Å². The summed E-state index contributed by atoms with van der Waals surface area (Å²) in [4.78, 5) is 18.3. The number of benzene rings is 1. The number of pyridine rings is 1. The molecule has 0 spiro atoms. The van der Waals surface area contributed by atoms with Crippen molar-refractivity contribution in [1.82, 2.24) is 19.6 Å². The molecule has 0 bridgehead atoms. The quantitative estimate of drug-likeness (QED) is 0.468. The van der Waals surface area contributed by atoms with E-state index in [4.69, 9.17) is 0 Å². The number of hydrogen-bond donors (Lipinski definition) is 1. The molecule has 1 N–H and O–H groups in total. The normalized spacial score (nSPS) is 11.0. The van der Waals surface area contributed by atoms with E-state index in [9.17, 15) is 18.0 Å². The van der Waals surface area contributed by atoms with Crippen LogP contribution in [-0.2, 0) is 11.0 Å². The fraction of sp³-hybridized carbons (Fsp3) is 0.182. The van der Waals surface area contributed by atoms with Gasteiger partial charge in [-0.3, -0.25) is 9.78 Å². The van der Waals surface area contributed by atoms with Crippen LogP contribution in [0, 0.1) is 20.8 Å². The molecule has 1 amide bonds. The van der Waals surface area contributed by atoms with Gasteiger partial charge in [0.15, 0.2) is 5.65 Å². The molecule has 0 atom stereocenters. The summed E-state index contributed by atoms with van der Waals surface area (Å²) in [6.07, 6.45) is -0.476. The van der Waals surface area contributed by atoms with Crippen molar-refractivity contribution in [2.75, 3.05) is 5.32 Å². The number of nitrogens with zero attached hydrogens (tertiary/aromatic N) is 4. The molecule has 4 rings (SSSR count). The first kappa shape index (κ1) is 21.9. The Labute approximate surface area is 176 Å². The number of alkyl halides is 3. The molecule has 0 saturated heterocycles. The summed E-state index contributed by atoms with van der Waals surface area (Å²) >= 11 is 0. The highest BCUT2D eigenvalue weighted by atomic mass is 19.4. The lowest BCUT2D eigenvalue weighted by molar-refractivity contribution is -0.137. The topological polar surface area (TPSA) is 72.2 Å². The zero-order chi connectivity index (χ0) is 22.6. The standard InChI is InChI=1S/C15H12F3N3.C7H8N2O/c1-9-10(2)20-21-8-7-13(19-14(9)21)11-5-3-4-6-12(11)15(16,17)18;1-6-4-7(9-5-10)2-3-8-6/h3-8H,1-2H3;2-5H,1H3,(H,8,9,10). The largest absolute Gasteiger partial charge is 0.417 e. The number of hydrogen-bond acceptors (Lipinski definition) is 4. The number of fused-ring (bicyclic) bond motifs is 1. The number of anilines is 1. The monoisotopic (exact) mass is 427 g/mol. The van der Waals surface area contributed by atoms with Crippen molar-refractivity contribution in [3.8, 4) is 11.3 Å². The van der Waals surface area contributed by atoms with E-state index in [0.717, 1.165) is 28.7 Å². The molecular formula is C22H20F3N5O. The zero-order valence-electron chi connectivity index (χ0n) is 17.1. The summed E-state index contributed by atoms with van der Waals surface area (Å²) in [6, 6.07) is 10.5. The zero-order valence-corrected chi connectivity index (χ0v) is 17.1. The number of aromatic nitrogens is 4. The van der Waals surface area contributed by atoms with Crippen molar-refractivity contribution in [3.05, 3.63) is 77.4 Å². The Bertz CT molecular complexity index is 1220. The van der Waals surface area contributed by atoms with Gasteiger partial charge < -0.3 is 5.32 Å². The van der Waals surface area contributed by atoms with Crippen LogP contribution in [-0.4, -0.2) is 26.0 Å². The maximum atomic E-state index is 13.1. The lowest BCUT2D eigenvalue weighted by Crippen LogP contribution is -2.07. The van der Waals surface area contributed by atoms with Gasteiger partial charge in [0.25, 0.3) is 0 Å². The molecule has 0 saturated carbocycles. The van der Waals surface area contributed by atoms with Crippen LogP contribution < -0.4 is 5.32 Å². The van der Waals surface area contributed by atoms with E-state index in [1.807, 2.05) is 20.8 Å². The summed E-state index contributed by atoms with van der Waals surface area (Å²) in [5.41, 5.74) is 3.60. The van der Waals surface area contributed by atoms with Crippen molar-refractivity contribution >= 4 is 17.7 Å². The second-order valence-corrected chi connectivity index (χ2v) is 6.78. The fourth-order valence-electron chi connectivity index (χ4n) is 2.96. The van der Waals surface area contributed by atoms with Crippen molar-refractivity contribution in [2.24, 2.45) is 0 Å². The van der Waals surface area contributed by atoms with Crippen molar-refractivity contribution < 1.29 is 18.0 Å². The minimum atomic E-state index is -4.41. The van der Waals surface area contributed by atoms with E-state index < -0.39 is 11.7 Å². The Morgan fingerprint density at radius 2 is 1.81 bits per heavy atom. The number of halogens is 3. The molecule has 0 radical (unpaired) electrons. The lowest BCUT2D eigenvalue weighted by Gasteiger charge is -2.12.